The van der Waals surface area contributed by atoms with Crippen molar-refractivity contribution in [2.24, 2.45) is 10.7 Å². The first-order chi connectivity index (χ1) is 10.2. The van der Waals surface area contributed by atoms with Crippen LogP contribution in [0.1, 0.15) is 25.3 Å². The third-order valence-corrected chi connectivity index (χ3v) is 4.69. The minimum Gasteiger partial charge on any atom is -0.385 e. The maximum atomic E-state index is 11.9. The highest BCUT2D eigenvalue weighted by Crippen LogP contribution is 2.34. The summed E-state index contributed by atoms with van der Waals surface area (Å²) in [5.41, 5.74) is 7.06. The molecular weight excluding hydrogens is 264 g/mol. The van der Waals surface area contributed by atoms with E-state index in [-0.39, 0.29) is 11.6 Å². The highest BCUT2D eigenvalue weighted by molar-refractivity contribution is 6.05. The average Bonchev–Trinajstić information content (AvgIpc) is 2.73. The molecule has 2 heterocycles. The molecular formula is C16H22N4O. The first-order valence-corrected chi connectivity index (χ1v) is 7.58. The van der Waals surface area contributed by atoms with Gasteiger partial charge in [-0.25, -0.2) is 4.79 Å². The van der Waals surface area contributed by atoms with Gasteiger partial charge in [0.25, 0.3) is 0 Å². The quantitative estimate of drug-likeness (QED) is 0.922. The Kier molecular flexibility index (Phi) is 3.68. The van der Waals surface area contributed by atoms with Gasteiger partial charge in [0.2, 0.25) is 0 Å². The van der Waals surface area contributed by atoms with Gasteiger partial charge in [0, 0.05) is 26.2 Å². The van der Waals surface area contributed by atoms with Crippen molar-refractivity contribution in [3.05, 3.63) is 35.9 Å². The van der Waals surface area contributed by atoms with E-state index in [9.17, 15) is 4.79 Å². The Morgan fingerprint density at radius 3 is 2.52 bits per heavy atom. The van der Waals surface area contributed by atoms with Crippen LogP contribution in [0.15, 0.2) is 35.3 Å². The summed E-state index contributed by atoms with van der Waals surface area (Å²) in [7, 11) is 0. The smallest absolute Gasteiger partial charge is 0.346 e. The van der Waals surface area contributed by atoms with Crippen molar-refractivity contribution in [3.63, 3.8) is 0 Å². The van der Waals surface area contributed by atoms with E-state index in [0.717, 1.165) is 32.5 Å². The van der Waals surface area contributed by atoms with Crippen molar-refractivity contribution in [3.8, 4) is 0 Å². The lowest BCUT2D eigenvalue weighted by atomic mass is 9.85. The molecule has 5 heteroatoms. The number of amidine groups is 1. The molecule has 1 fully saturated rings. The van der Waals surface area contributed by atoms with Crippen LogP contribution in [0, 0.1) is 0 Å². The van der Waals surface area contributed by atoms with Gasteiger partial charge in [0.15, 0.2) is 0 Å². The molecule has 0 aromatic heterocycles. The van der Waals surface area contributed by atoms with E-state index >= 15 is 0 Å². The number of urea groups is 1. The molecule has 1 aromatic carbocycles. The summed E-state index contributed by atoms with van der Waals surface area (Å²) in [6.07, 6.45) is 1.74. The van der Waals surface area contributed by atoms with Crippen LogP contribution in [0.2, 0.25) is 0 Å². The number of amides is 2. The lowest BCUT2D eigenvalue weighted by Crippen LogP contribution is -2.59. The Bertz CT molecular complexity index is 547. The molecule has 21 heavy (non-hydrogen) atoms. The predicted molar refractivity (Wildman–Crippen MR) is 83.1 cm³/mol. The highest BCUT2D eigenvalue weighted by Gasteiger charge is 2.49. The SMILES string of the molecule is CCN1C(=O)N=C(N)C12CCN(Cc1ccccc1)CC2. The van der Waals surface area contributed by atoms with Crippen molar-refractivity contribution in [2.75, 3.05) is 19.6 Å². The van der Waals surface area contributed by atoms with Crippen LogP contribution in [0.3, 0.4) is 0 Å². The third-order valence-electron chi connectivity index (χ3n) is 4.69. The fourth-order valence-corrected chi connectivity index (χ4v) is 3.48. The van der Waals surface area contributed by atoms with E-state index in [1.165, 1.54) is 5.56 Å². The third kappa shape index (κ3) is 2.42. The molecule has 2 aliphatic rings. The number of aliphatic imine (C=N–C) groups is 1. The minimum atomic E-state index is -0.334. The van der Waals surface area contributed by atoms with E-state index in [2.05, 4.69) is 34.2 Å². The molecule has 2 amide bonds. The number of piperidine rings is 1. The zero-order valence-electron chi connectivity index (χ0n) is 12.5. The molecule has 1 aromatic rings. The summed E-state index contributed by atoms with van der Waals surface area (Å²) in [6, 6.07) is 10.3. The van der Waals surface area contributed by atoms with Crippen molar-refractivity contribution in [1.29, 1.82) is 0 Å². The molecule has 0 saturated carbocycles. The predicted octanol–water partition coefficient (Wildman–Crippen LogP) is 1.83. The van der Waals surface area contributed by atoms with Gasteiger partial charge >= 0.3 is 6.03 Å². The summed E-state index contributed by atoms with van der Waals surface area (Å²) >= 11 is 0. The Hall–Kier alpha value is -1.88. The second kappa shape index (κ2) is 5.48. The van der Waals surface area contributed by atoms with E-state index in [1.807, 2.05) is 17.9 Å². The van der Waals surface area contributed by atoms with Crippen molar-refractivity contribution in [2.45, 2.75) is 31.8 Å². The maximum absolute atomic E-state index is 11.9. The van der Waals surface area contributed by atoms with Crippen LogP contribution in [-0.4, -0.2) is 46.8 Å². The molecule has 0 radical (unpaired) electrons. The number of hydrogen-bond donors (Lipinski definition) is 1. The molecule has 0 atom stereocenters. The van der Waals surface area contributed by atoms with Crippen LogP contribution in [0.25, 0.3) is 0 Å². The van der Waals surface area contributed by atoms with Crippen LogP contribution in [-0.2, 0) is 6.54 Å². The van der Waals surface area contributed by atoms with Crippen LogP contribution in [0.4, 0.5) is 4.79 Å². The van der Waals surface area contributed by atoms with Crippen LogP contribution in [0.5, 0.6) is 0 Å². The molecule has 0 bridgehead atoms. The van der Waals surface area contributed by atoms with Gasteiger partial charge in [-0.15, -0.1) is 0 Å². The Labute approximate surface area is 125 Å². The molecule has 1 spiro atoms. The second-order valence-electron chi connectivity index (χ2n) is 5.82. The number of hydrogen-bond acceptors (Lipinski definition) is 3. The number of nitrogens with zero attached hydrogens (tertiary/aromatic N) is 3. The number of nitrogens with two attached hydrogens (primary N) is 1. The second-order valence-corrected chi connectivity index (χ2v) is 5.82. The standard InChI is InChI=1S/C16H22N4O/c1-2-20-15(21)18-14(17)16(20)8-10-19(11-9-16)12-13-6-4-3-5-7-13/h3-7H,2,8-12H2,1H3,(H2,17,18,21). The van der Waals surface area contributed by atoms with Gasteiger partial charge in [-0.2, -0.15) is 4.99 Å². The number of carbonyl (C=O) groups is 1. The molecule has 0 aliphatic carbocycles. The Balaban J connectivity index is 1.67. The van der Waals surface area contributed by atoms with Crippen molar-refractivity contribution in [1.82, 2.24) is 9.80 Å². The average molecular weight is 286 g/mol. The van der Waals surface area contributed by atoms with E-state index < -0.39 is 0 Å². The molecule has 5 nitrogen and oxygen atoms in total. The molecule has 112 valence electrons. The molecule has 0 unspecified atom stereocenters. The zero-order valence-corrected chi connectivity index (χ0v) is 12.5. The molecule has 2 N–H and O–H groups in total. The highest BCUT2D eigenvalue weighted by atomic mass is 16.2. The maximum Gasteiger partial charge on any atom is 0.346 e. The van der Waals surface area contributed by atoms with Crippen LogP contribution >= 0.6 is 0 Å². The number of likely N-dealkylation sites (tertiary alicyclic amines) is 1. The van der Waals surface area contributed by atoms with Gasteiger partial charge in [-0.3, -0.25) is 4.90 Å². The summed E-state index contributed by atoms with van der Waals surface area (Å²) < 4.78 is 0. The number of rotatable bonds is 3. The number of likely N-dealkylation sites (N-methyl/N-ethyl adjacent to an activating group) is 1. The number of benzene rings is 1. The monoisotopic (exact) mass is 286 g/mol. The lowest BCUT2D eigenvalue weighted by molar-refractivity contribution is 0.100. The fraction of sp³-hybridized carbons (Fsp3) is 0.500. The normalized spacial score (nSPS) is 21.9. The Morgan fingerprint density at radius 2 is 1.90 bits per heavy atom. The first-order valence-electron chi connectivity index (χ1n) is 7.58. The van der Waals surface area contributed by atoms with E-state index in [0.29, 0.717) is 12.4 Å². The Morgan fingerprint density at radius 1 is 1.24 bits per heavy atom. The van der Waals surface area contributed by atoms with Gasteiger partial charge in [0.05, 0.1) is 0 Å². The number of carbonyl (C=O) groups excluding carboxylic acids is 1. The molecule has 3 rings (SSSR count). The van der Waals surface area contributed by atoms with E-state index in [1.54, 1.807) is 0 Å². The molecule has 1 saturated heterocycles. The minimum absolute atomic E-state index is 0.175. The largest absolute Gasteiger partial charge is 0.385 e. The topological polar surface area (TPSA) is 61.9 Å². The lowest BCUT2D eigenvalue weighted by Gasteiger charge is -2.44. The first kappa shape index (κ1) is 14.1. The van der Waals surface area contributed by atoms with Gasteiger partial charge in [-0.05, 0) is 25.3 Å². The van der Waals surface area contributed by atoms with E-state index in [4.69, 9.17) is 5.73 Å². The van der Waals surface area contributed by atoms with Crippen molar-refractivity contribution < 1.29 is 4.79 Å². The van der Waals surface area contributed by atoms with Gasteiger partial charge < -0.3 is 10.6 Å². The zero-order chi connectivity index (χ0) is 14.9. The summed E-state index contributed by atoms with van der Waals surface area (Å²) in [6.45, 7) is 5.49. The molecule has 2 aliphatic heterocycles. The summed E-state index contributed by atoms with van der Waals surface area (Å²) in [4.78, 5) is 20.2. The fourth-order valence-electron chi connectivity index (χ4n) is 3.48. The summed E-state index contributed by atoms with van der Waals surface area (Å²) in [5.74, 6) is 0.508. The van der Waals surface area contributed by atoms with Crippen LogP contribution < -0.4 is 5.73 Å². The summed E-state index contributed by atoms with van der Waals surface area (Å²) in [5, 5.41) is 0. The van der Waals surface area contributed by atoms with Gasteiger partial charge in [0.1, 0.15) is 11.4 Å². The van der Waals surface area contributed by atoms with Crippen molar-refractivity contribution >= 4 is 11.9 Å². The van der Waals surface area contributed by atoms with Gasteiger partial charge in [-0.1, -0.05) is 30.3 Å².